The first-order valence-electron chi connectivity index (χ1n) is 10.9. The van der Waals surface area contributed by atoms with E-state index in [9.17, 15) is 4.79 Å². The maximum absolute atomic E-state index is 12.5. The lowest BCUT2D eigenvalue weighted by Crippen LogP contribution is -2.30. The summed E-state index contributed by atoms with van der Waals surface area (Å²) in [5, 5.41) is 4.10. The number of hydrogen-bond donors (Lipinski definition) is 1. The Balaban J connectivity index is 1.18. The van der Waals surface area contributed by atoms with Gasteiger partial charge in [-0.2, -0.15) is 5.10 Å². The maximum Gasteiger partial charge on any atom is 0.271 e. The number of fused-ring (bicyclic) bond motifs is 2. The number of hydrazone groups is 1. The van der Waals surface area contributed by atoms with Crippen molar-refractivity contribution in [1.29, 1.82) is 0 Å². The molecule has 5 rings (SSSR count). The second-order valence-corrected chi connectivity index (χ2v) is 8.00. The van der Waals surface area contributed by atoms with Gasteiger partial charge in [-0.3, -0.25) is 9.69 Å². The second kappa shape index (κ2) is 9.24. The van der Waals surface area contributed by atoms with Crippen molar-refractivity contribution in [3.05, 3.63) is 94.5 Å². The standard InChI is InChI=1S/C26H25N3O3/c30-26(28-27-16-22-6-3-7-24-25(22)32-15-14-31-24)21-10-8-19(9-11-21)17-29-13-12-20-4-1-2-5-23(20)18-29/h1-11,16H,12-15,17-18H2,(H,28,30)/b27-16+. The van der Waals surface area contributed by atoms with Crippen molar-refractivity contribution in [2.24, 2.45) is 5.10 Å². The fourth-order valence-corrected chi connectivity index (χ4v) is 4.13. The van der Waals surface area contributed by atoms with Gasteiger partial charge in [-0.25, -0.2) is 5.43 Å². The summed E-state index contributed by atoms with van der Waals surface area (Å²) in [6.07, 6.45) is 2.66. The smallest absolute Gasteiger partial charge is 0.271 e. The third-order valence-electron chi connectivity index (χ3n) is 5.80. The third-order valence-corrected chi connectivity index (χ3v) is 5.80. The largest absolute Gasteiger partial charge is 0.486 e. The number of hydrogen-bond acceptors (Lipinski definition) is 5. The zero-order valence-corrected chi connectivity index (χ0v) is 17.8. The van der Waals surface area contributed by atoms with Crippen molar-refractivity contribution >= 4 is 12.1 Å². The van der Waals surface area contributed by atoms with Gasteiger partial charge < -0.3 is 9.47 Å². The molecule has 6 heteroatoms. The normalized spacial score (nSPS) is 15.4. The molecule has 0 aliphatic carbocycles. The van der Waals surface area contributed by atoms with Crippen LogP contribution in [0, 0.1) is 0 Å². The first-order chi connectivity index (χ1) is 15.8. The quantitative estimate of drug-likeness (QED) is 0.497. The molecule has 0 bridgehead atoms. The van der Waals surface area contributed by atoms with Crippen LogP contribution in [-0.4, -0.2) is 36.8 Å². The Hall–Kier alpha value is -3.64. The molecule has 6 nitrogen and oxygen atoms in total. The minimum Gasteiger partial charge on any atom is -0.486 e. The fraction of sp³-hybridized carbons (Fsp3) is 0.231. The van der Waals surface area contributed by atoms with Crippen LogP contribution >= 0.6 is 0 Å². The highest BCUT2D eigenvalue weighted by molar-refractivity contribution is 5.95. The predicted octanol–water partition coefficient (Wildman–Crippen LogP) is 3.78. The molecule has 0 radical (unpaired) electrons. The van der Waals surface area contributed by atoms with E-state index in [0.29, 0.717) is 30.3 Å². The average Bonchev–Trinajstić information content (AvgIpc) is 2.84. The molecular weight excluding hydrogens is 402 g/mol. The summed E-state index contributed by atoms with van der Waals surface area (Å²) in [4.78, 5) is 14.9. The first kappa shape index (κ1) is 20.3. The molecule has 0 spiro atoms. The number of rotatable bonds is 5. The summed E-state index contributed by atoms with van der Waals surface area (Å²) in [5.41, 5.74) is 7.98. The Bertz CT molecular complexity index is 1140. The summed E-state index contributed by atoms with van der Waals surface area (Å²) in [7, 11) is 0. The molecule has 2 aliphatic heterocycles. The van der Waals surface area contributed by atoms with E-state index in [4.69, 9.17) is 9.47 Å². The Morgan fingerprint density at radius 2 is 1.78 bits per heavy atom. The van der Waals surface area contributed by atoms with Crippen molar-refractivity contribution < 1.29 is 14.3 Å². The van der Waals surface area contributed by atoms with Crippen LogP contribution in [0.1, 0.15) is 32.6 Å². The van der Waals surface area contributed by atoms with Gasteiger partial charge in [0.05, 0.1) is 6.21 Å². The van der Waals surface area contributed by atoms with Gasteiger partial charge in [0.15, 0.2) is 11.5 Å². The molecule has 2 aliphatic rings. The molecule has 0 atom stereocenters. The van der Waals surface area contributed by atoms with Crippen LogP contribution in [0.25, 0.3) is 0 Å². The minimum atomic E-state index is -0.248. The van der Waals surface area contributed by atoms with Gasteiger partial charge in [0.2, 0.25) is 0 Å². The number of carbonyl (C=O) groups is 1. The van der Waals surface area contributed by atoms with Gasteiger partial charge in [-0.1, -0.05) is 42.5 Å². The molecule has 0 unspecified atom stereocenters. The van der Waals surface area contributed by atoms with Crippen LogP contribution in [0.4, 0.5) is 0 Å². The zero-order chi connectivity index (χ0) is 21.8. The summed E-state index contributed by atoms with van der Waals surface area (Å²) in [6.45, 7) is 3.92. The fourth-order valence-electron chi connectivity index (χ4n) is 4.13. The van der Waals surface area contributed by atoms with E-state index in [1.54, 1.807) is 6.21 Å². The highest BCUT2D eigenvalue weighted by atomic mass is 16.6. The molecule has 3 aromatic carbocycles. The molecule has 0 fully saturated rings. The van der Waals surface area contributed by atoms with Gasteiger partial charge in [-0.05, 0) is 47.4 Å². The molecule has 1 amide bonds. The highest BCUT2D eigenvalue weighted by Gasteiger charge is 2.16. The SMILES string of the molecule is O=C(N/N=C/c1cccc2c1OCCO2)c1ccc(CN2CCc3ccccc3C2)cc1. The molecule has 0 saturated heterocycles. The van der Waals surface area contributed by atoms with Crippen LogP contribution in [0.3, 0.4) is 0 Å². The number of benzene rings is 3. The van der Waals surface area contributed by atoms with Crippen molar-refractivity contribution in [2.75, 3.05) is 19.8 Å². The Labute approximate surface area is 187 Å². The number of nitrogens with one attached hydrogen (secondary N) is 1. The van der Waals surface area contributed by atoms with E-state index in [0.717, 1.165) is 31.6 Å². The average molecular weight is 428 g/mol. The van der Waals surface area contributed by atoms with Crippen molar-refractivity contribution in [3.63, 3.8) is 0 Å². The summed E-state index contributed by atoms with van der Waals surface area (Å²) < 4.78 is 11.2. The van der Waals surface area contributed by atoms with E-state index < -0.39 is 0 Å². The lowest BCUT2D eigenvalue weighted by molar-refractivity contribution is 0.0955. The lowest BCUT2D eigenvalue weighted by atomic mass is 9.99. The zero-order valence-electron chi connectivity index (χ0n) is 17.8. The second-order valence-electron chi connectivity index (χ2n) is 8.00. The number of carbonyl (C=O) groups excluding carboxylic acids is 1. The van der Waals surface area contributed by atoms with Crippen molar-refractivity contribution in [1.82, 2.24) is 10.3 Å². The maximum atomic E-state index is 12.5. The van der Waals surface area contributed by atoms with Crippen molar-refractivity contribution in [3.8, 4) is 11.5 Å². The van der Waals surface area contributed by atoms with Crippen LogP contribution in [0.15, 0.2) is 71.8 Å². The Morgan fingerprint density at radius 3 is 2.66 bits per heavy atom. The first-order valence-corrected chi connectivity index (χ1v) is 10.9. The molecule has 32 heavy (non-hydrogen) atoms. The lowest BCUT2D eigenvalue weighted by Gasteiger charge is -2.28. The van der Waals surface area contributed by atoms with E-state index in [2.05, 4.69) is 39.7 Å². The molecular formula is C26H25N3O3. The van der Waals surface area contributed by atoms with Gasteiger partial charge in [0.1, 0.15) is 13.2 Å². The number of nitrogens with zero attached hydrogens (tertiary/aromatic N) is 2. The van der Waals surface area contributed by atoms with Crippen LogP contribution < -0.4 is 14.9 Å². The van der Waals surface area contributed by atoms with Crippen molar-refractivity contribution in [2.45, 2.75) is 19.5 Å². The minimum absolute atomic E-state index is 0.248. The van der Waals surface area contributed by atoms with Gasteiger partial charge >= 0.3 is 0 Å². The molecule has 0 aromatic heterocycles. The molecule has 2 heterocycles. The summed E-state index contributed by atoms with van der Waals surface area (Å²) in [5.74, 6) is 1.10. The van der Waals surface area contributed by atoms with Gasteiger partial charge in [0.25, 0.3) is 5.91 Å². The van der Waals surface area contributed by atoms with E-state index >= 15 is 0 Å². The Kier molecular flexibility index (Phi) is 5.85. The number of para-hydroxylation sites is 1. The van der Waals surface area contributed by atoms with E-state index in [1.807, 2.05) is 42.5 Å². The molecule has 162 valence electrons. The predicted molar refractivity (Wildman–Crippen MR) is 123 cm³/mol. The van der Waals surface area contributed by atoms with Gasteiger partial charge in [-0.15, -0.1) is 0 Å². The van der Waals surface area contributed by atoms with E-state index in [-0.39, 0.29) is 5.91 Å². The summed E-state index contributed by atoms with van der Waals surface area (Å²) in [6, 6.07) is 22.0. The topological polar surface area (TPSA) is 63.2 Å². The monoisotopic (exact) mass is 427 g/mol. The van der Waals surface area contributed by atoms with Crippen LogP contribution in [0.5, 0.6) is 11.5 Å². The summed E-state index contributed by atoms with van der Waals surface area (Å²) >= 11 is 0. The number of ether oxygens (including phenoxy) is 2. The van der Waals surface area contributed by atoms with E-state index in [1.165, 1.54) is 16.7 Å². The highest BCUT2D eigenvalue weighted by Crippen LogP contribution is 2.32. The Morgan fingerprint density at radius 1 is 0.969 bits per heavy atom. The van der Waals surface area contributed by atoms with Crippen LogP contribution in [0.2, 0.25) is 0 Å². The molecule has 0 saturated carbocycles. The number of amides is 1. The molecule has 1 N–H and O–H groups in total. The third kappa shape index (κ3) is 4.50. The molecule has 3 aromatic rings. The van der Waals surface area contributed by atoms with Crippen LogP contribution in [-0.2, 0) is 19.5 Å². The van der Waals surface area contributed by atoms with Gasteiger partial charge in [0, 0.05) is 30.8 Å².